The molecular weight excluding hydrogens is 258 g/mol. The van der Waals surface area contributed by atoms with E-state index in [1.165, 1.54) is 17.5 Å². The highest BCUT2D eigenvalue weighted by Gasteiger charge is 2.51. The highest BCUT2D eigenvalue weighted by Crippen LogP contribution is 2.46. The van der Waals surface area contributed by atoms with Gasteiger partial charge in [0.15, 0.2) is 0 Å². The third-order valence-corrected chi connectivity index (χ3v) is 5.38. The Balaban J connectivity index is 1.92. The van der Waals surface area contributed by atoms with Crippen molar-refractivity contribution >= 4 is 0 Å². The molecule has 0 bridgehead atoms. The molecule has 4 unspecified atom stereocenters. The van der Waals surface area contributed by atoms with Crippen molar-refractivity contribution in [1.82, 2.24) is 5.32 Å². The van der Waals surface area contributed by atoms with Gasteiger partial charge in [0.1, 0.15) is 0 Å². The van der Waals surface area contributed by atoms with Crippen LogP contribution < -0.4 is 5.32 Å². The van der Waals surface area contributed by atoms with Gasteiger partial charge >= 0.3 is 0 Å². The lowest BCUT2D eigenvalue weighted by Crippen LogP contribution is -2.63. The summed E-state index contributed by atoms with van der Waals surface area (Å²) in [6.07, 6.45) is 3.85. The first-order valence-corrected chi connectivity index (χ1v) is 8.43. The fourth-order valence-electron chi connectivity index (χ4n) is 3.58. The molecule has 1 fully saturated rings. The van der Waals surface area contributed by atoms with Gasteiger partial charge in [-0.15, -0.1) is 0 Å². The fraction of sp³-hybridized carbons (Fsp3) is 0.684. The standard InChI is InChI=1S/C19H31NO/c1-6-19(5)17(13-18(19)21-7-2)20-15(4)12-16-11-9-8-10-14(16)3/h8-11,15,17-18,20H,6-7,12-13H2,1-5H3. The zero-order valence-corrected chi connectivity index (χ0v) is 14.3. The molecule has 0 radical (unpaired) electrons. The Morgan fingerprint density at radius 3 is 2.67 bits per heavy atom. The summed E-state index contributed by atoms with van der Waals surface area (Å²) in [6.45, 7) is 12.1. The first kappa shape index (κ1) is 16.5. The second-order valence-corrected chi connectivity index (χ2v) is 6.79. The summed E-state index contributed by atoms with van der Waals surface area (Å²) in [4.78, 5) is 0. The average molecular weight is 289 g/mol. The van der Waals surface area contributed by atoms with E-state index >= 15 is 0 Å². The Morgan fingerprint density at radius 1 is 1.33 bits per heavy atom. The number of hydrogen-bond donors (Lipinski definition) is 1. The summed E-state index contributed by atoms with van der Waals surface area (Å²) in [5, 5.41) is 3.84. The van der Waals surface area contributed by atoms with E-state index in [1.54, 1.807) is 0 Å². The molecule has 1 aliphatic carbocycles. The van der Waals surface area contributed by atoms with Crippen LogP contribution in [-0.4, -0.2) is 24.8 Å². The van der Waals surface area contributed by atoms with E-state index in [-0.39, 0.29) is 5.41 Å². The number of rotatable bonds is 7. The van der Waals surface area contributed by atoms with Crippen LogP contribution in [0.5, 0.6) is 0 Å². The van der Waals surface area contributed by atoms with Crippen LogP contribution in [0.1, 0.15) is 51.7 Å². The molecule has 0 spiro atoms. The van der Waals surface area contributed by atoms with Gasteiger partial charge in [0.25, 0.3) is 0 Å². The fourth-order valence-corrected chi connectivity index (χ4v) is 3.58. The molecule has 2 heteroatoms. The molecule has 0 aromatic heterocycles. The van der Waals surface area contributed by atoms with Gasteiger partial charge in [-0.3, -0.25) is 0 Å². The van der Waals surface area contributed by atoms with Crippen molar-refractivity contribution in [2.24, 2.45) is 5.41 Å². The van der Waals surface area contributed by atoms with Gasteiger partial charge in [0.2, 0.25) is 0 Å². The van der Waals surface area contributed by atoms with E-state index < -0.39 is 0 Å². The molecule has 1 aliphatic rings. The van der Waals surface area contributed by atoms with Crippen LogP contribution in [0.4, 0.5) is 0 Å². The van der Waals surface area contributed by atoms with Crippen molar-refractivity contribution in [3.8, 4) is 0 Å². The topological polar surface area (TPSA) is 21.3 Å². The maximum Gasteiger partial charge on any atom is 0.0658 e. The van der Waals surface area contributed by atoms with Crippen molar-refractivity contribution in [2.45, 2.75) is 72.1 Å². The molecule has 1 N–H and O–H groups in total. The van der Waals surface area contributed by atoms with Gasteiger partial charge < -0.3 is 10.1 Å². The minimum Gasteiger partial charge on any atom is -0.378 e. The van der Waals surface area contributed by atoms with Gasteiger partial charge in [-0.05, 0) is 51.2 Å². The van der Waals surface area contributed by atoms with E-state index in [0.29, 0.717) is 18.2 Å². The van der Waals surface area contributed by atoms with E-state index in [0.717, 1.165) is 19.4 Å². The van der Waals surface area contributed by atoms with E-state index in [2.05, 4.69) is 64.2 Å². The lowest BCUT2D eigenvalue weighted by Gasteiger charge is -2.54. The Labute approximate surface area is 130 Å². The largest absolute Gasteiger partial charge is 0.378 e. The first-order valence-electron chi connectivity index (χ1n) is 8.43. The maximum absolute atomic E-state index is 5.89. The predicted octanol–water partition coefficient (Wildman–Crippen LogP) is 4.11. The van der Waals surface area contributed by atoms with E-state index in [1.807, 2.05) is 0 Å². The zero-order valence-electron chi connectivity index (χ0n) is 14.3. The van der Waals surface area contributed by atoms with Crippen LogP contribution in [0.2, 0.25) is 0 Å². The first-order chi connectivity index (χ1) is 10.0. The minimum atomic E-state index is 0.288. The summed E-state index contributed by atoms with van der Waals surface area (Å²) >= 11 is 0. The van der Waals surface area contributed by atoms with Crippen LogP contribution in [0.25, 0.3) is 0 Å². The Hall–Kier alpha value is -0.860. The summed E-state index contributed by atoms with van der Waals surface area (Å²) in [5.74, 6) is 0. The lowest BCUT2D eigenvalue weighted by atomic mass is 9.61. The molecule has 2 rings (SSSR count). The van der Waals surface area contributed by atoms with Crippen molar-refractivity contribution < 1.29 is 4.74 Å². The maximum atomic E-state index is 5.89. The molecule has 118 valence electrons. The van der Waals surface area contributed by atoms with Crippen LogP contribution in [0.15, 0.2) is 24.3 Å². The number of nitrogens with one attached hydrogen (secondary N) is 1. The molecule has 1 aromatic rings. The second-order valence-electron chi connectivity index (χ2n) is 6.79. The minimum absolute atomic E-state index is 0.288. The lowest BCUT2D eigenvalue weighted by molar-refractivity contribution is -0.127. The average Bonchev–Trinajstić information content (AvgIpc) is 2.47. The molecule has 21 heavy (non-hydrogen) atoms. The third kappa shape index (κ3) is 3.49. The molecule has 1 aromatic carbocycles. The number of benzene rings is 1. The molecule has 4 atom stereocenters. The van der Waals surface area contributed by atoms with Crippen LogP contribution in [-0.2, 0) is 11.2 Å². The van der Waals surface area contributed by atoms with Gasteiger partial charge in [0.05, 0.1) is 6.10 Å². The molecular formula is C19H31NO. The quantitative estimate of drug-likeness (QED) is 0.815. The van der Waals surface area contributed by atoms with Crippen molar-refractivity contribution in [3.05, 3.63) is 35.4 Å². The van der Waals surface area contributed by atoms with Crippen molar-refractivity contribution in [1.29, 1.82) is 0 Å². The van der Waals surface area contributed by atoms with E-state index in [9.17, 15) is 0 Å². The molecule has 0 saturated heterocycles. The van der Waals surface area contributed by atoms with Crippen LogP contribution in [0.3, 0.4) is 0 Å². The highest BCUT2D eigenvalue weighted by molar-refractivity contribution is 5.26. The summed E-state index contributed by atoms with van der Waals surface area (Å²) in [5.41, 5.74) is 3.14. The zero-order chi connectivity index (χ0) is 15.5. The molecule has 0 heterocycles. The van der Waals surface area contributed by atoms with Crippen molar-refractivity contribution in [3.63, 3.8) is 0 Å². The Kier molecular flexibility index (Phi) is 5.45. The summed E-state index contributed by atoms with van der Waals surface area (Å²) in [6, 6.07) is 9.79. The van der Waals surface area contributed by atoms with Gasteiger partial charge in [-0.2, -0.15) is 0 Å². The van der Waals surface area contributed by atoms with Crippen molar-refractivity contribution in [2.75, 3.05) is 6.61 Å². The van der Waals surface area contributed by atoms with Gasteiger partial charge in [-0.25, -0.2) is 0 Å². The molecule has 1 saturated carbocycles. The number of ether oxygens (including phenoxy) is 1. The Morgan fingerprint density at radius 2 is 2.05 bits per heavy atom. The predicted molar refractivity (Wildman–Crippen MR) is 89.7 cm³/mol. The monoisotopic (exact) mass is 289 g/mol. The van der Waals surface area contributed by atoms with Gasteiger partial charge in [0, 0.05) is 24.1 Å². The number of aryl methyl sites for hydroxylation is 1. The van der Waals surface area contributed by atoms with Crippen LogP contribution in [0, 0.1) is 12.3 Å². The summed E-state index contributed by atoms with van der Waals surface area (Å²) < 4.78 is 5.89. The van der Waals surface area contributed by atoms with Gasteiger partial charge in [-0.1, -0.05) is 38.1 Å². The third-order valence-electron chi connectivity index (χ3n) is 5.38. The molecule has 0 amide bonds. The molecule has 0 aliphatic heterocycles. The highest BCUT2D eigenvalue weighted by atomic mass is 16.5. The normalized spacial score (nSPS) is 30.0. The smallest absolute Gasteiger partial charge is 0.0658 e. The van der Waals surface area contributed by atoms with E-state index in [4.69, 9.17) is 4.74 Å². The Bertz CT molecular complexity index is 459. The SMILES string of the molecule is CCOC1CC(NC(C)Cc2ccccc2C)C1(C)CC. The molecule has 2 nitrogen and oxygen atoms in total. The summed E-state index contributed by atoms with van der Waals surface area (Å²) in [7, 11) is 0. The second kappa shape index (κ2) is 6.93. The number of hydrogen-bond acceptors (Lipinski definition) is 2. The van der Waals surface area contributed by atoms with Crippen LogP contribution >= 0.6 is 0 Å².